The second-order valence-corrected chi connectivity index (χ2v) is 8.96. The number of Topliss-reactive ketones (excluding diaryl/α,β-unsaturated/α-hetero) is 1. The third-order valence-corrected chi connectivity index (χ3v) is 6.40. The molecule has 3 aromatic rings. The van der Waals surface area contributed by atoms with Gasteiger partial charge in [-0.25, -0.2) is 4.99 Å². The van der Waals surface area contributed by atoms with E-state index in [-0.39, 0.29) is 37.2 Å². The van der Waals surface area contributed by atoms with Gasteiger partial charge in [0, 0.05) is 32.3 Å². The average Bonchev–Trinajstić information content (AvgIpc) is 3.42. The number of alkyl halides is 1. The molecule has 2 unspecified atom stereocenters. The van der Waals surface area contributed by atoms with Crippen molar-refractivity contribution in [3.8, 4) is 5.75 Å². The summed E-state index contributed by atoms with van der Waals surface area (Å²) in [7, 11) is 1.54. The number of rotatable bonds is 10. The fourth-order valence-electron chi connectivity index (χ4n) is 4.45. The molecule has 0 spiro atoms. The maximum absolute atomic E-state index is 13.6. The van der Waals surface area contributed by atoms with Crippen LogP contribution in [0.5, 0.6) is 5.75 Å². The minimum atomic E-state index is -1.53. The molecule has 0 bridgehead atoms. The van der Waals surface area contributed by atoms with Crippen LogP contribution in [0.4, 0.5) is 4.39 Å². The number of aliphatic hydroxyl groups excluding tert-OH is 1. The quantitative estimate of drug-likeness (QED) is 0.285. The molecule has 0 saturated heterocycles. The van der Waals surface area contributed by atoms with Gasteiger partial charge in [-0.2, -0.15) is 0 Å². The molecule has 1 amide bonds. The third kappa shape index (κ3) is 4.98. The number of amides is 1. The van der Waals surface area contributed by atoms with E-state index in [2.05, 4.69) is 4.99 Å². The van der Waals surface area contributed by atoms with Gasteiger partial charge in [-0.1, -0.05) is 30.3 Å². The number of ketones is 1. The van der Waals surface area contributed by atoms with E-state index < -0.39 is 18.4 Å². The van der Waals surface area contributed by atoms with E-state index in [1.165, 1.54) is 18.9 Å². The van der Waals surface area contributed by atoms with Crippen LogP contribution in [0.3, 0.4) is 0 Å². The third-order valence-electron chi connectivity index (χ3n) is 6.40. The lowest BCUT2D eigenvalue weighted by molar-refractivity contribution is -0.129. The summed E-state index contributed by atoms with van der Waals surface area (Å²) in [5.74, 6) is -0.0767. The van der Waals surface area contributed by atoms with Gasteiger partial charge in [-0.15, -0.1) is 0 Å². The second kappa shape index (κ2) is 10.5. The zero-order chi connectivity index (χ0) is 26.7. The molecule has 1 aromatic heterocycles. The summed E-state index contributed by atoms with van der Waals surface area (Å²) in [6, 6.07) is 15.7. The van der Waals surface area contributed by atoms with Crippen LogP contribution in [-0.4, -0.2) is 45.9 Å². The normalized spacial score (nSPS) is 18.1. The van der Waals surface area contributed by atoms with Gasteiger partial charge in [0.2, 0.25) is 0 Å². The average molecular weight is 508 g/mol. The number of likely N-dealkylation sites (N-methyl/N-ethyl adjacent to an activating group) is 1. The number of aromatic nitrogens is 1. The minimum Gasteiger partial charge on any atom is -0.489 e. The van der Waals surface area contributed by atoms with E-state index in [9.17, 15) is 19.1 Å². The first-order valence-electron chi connectivity index (χ1n) is 11.8. The Morgan fingerprint density at radius 3 is 2.59 bits per heavy atom. The first-order chi connectivity index (χ1) is 17.7. The second-order valence-electron chi connectivity index (χ2n) is 8.96. The van der Waals surface area contributed by atoms with Gasteiger partial charge in [0.1, 0.15) is 18.6 Å². The lowest BCUT2D eigenvalue weighted by Gasteiger charge is -2.25. The molecule has 0 fully saturated rings. The SMILES string of the molecule is CC(=O)c1cc(C2(c3cccc(OCc4cccc(C(N)O)c4)c3)N=C(N)N(C)C2=O)cn1CCCF. The highest BCUT2D eigenvalue weighted by molar-refractivity contribution is 6.09. The highest BCUT2D eigenvalue weighted by Crippen LogP contribution is 2.41. The molecular formula is C27H30FN5O4. The molecule has 4 rings (SSSR count). The van der Waals surface area contributed by atoms with Crippen LogP contribution in [0.15, 0.2) is 65.8 Å². The van der Waals surface area contributed by atoms with Crippen molar-refractivity contribution in [3.63, 3.8) is 0 Å². The Morgan fingerprint density at radius 1 is 1.19 bits per heavy atom. The zero-order valence-corrected chi connectivity index (χ0v) is 20.7. The summed E-state index contributed by atoms with van der Waals surface area (Å²) in [4.78, 5) is 31.8. The molecular weight excluding hydrogens is 477 g/mol. The molecule has 2 aromatic carbocycles. The Bertz CT molecular complexity index is 1350. The van der Waals surface area contributed by atoms with Gasteiger partial charge >= 0.3 is 0 Å². The molecule has 0 radical (unpaired) electrons. The number of guanidine groups is 1. The van der Waals surface area contributed by atoms with Crippen LogP contribution in [0.25, 0.3) is 0 Å². The number of aryl methyl sites for hydroxylation is 1. The van der Waals surface area contributed by atoms with Crippen molar-refractivity contribution in [3.05, 3.63) is 88.7 Å². The Morgan fingerprint density at radius 2 is 1.95 bits per heavy atom. The van der Waals surface area contributed by atoms with Crippen LogP contribution in [0, 0.1) is 0 Å². The largest absolute Gasteiger partial charge is 0.489 e. The number of hydrogen-bond acceptors (Lipinski definition) is 7. The van der Waals surface area contributed by atoms with Crippen LogP contribution in [0.2, 0.25) is 0 Å². The minimum absolute atomic E-state index is 0.0364. The fourth-order valence-corrected chi connectivity index (χ4v) is 4.45. The van der Waals surface area contributed by atoms with Crippen molar-refractivity contribution in [2.75, 3.05) is 13.7 Å². The molecule has 194 valence electrons. The van der Waals surface area contributed by atoms with Gasteiger partial charge in [-0.3, -0.25) is 18.9 Å². The van der Waals surface area contributed by atoms with Gasteiger partial charge < -0.3 is 25.9 Å². The monoisotopic (exact) mass is 507 g/mol. The highest BCUT2D eigenvalue weighted by Gasteiger charge is 2.50. The molecule has 2 atom stereocenters. The first kappa shape index (κ1) is 26.1. The molecule has 2 heterocycles. The molecule has 0 saturated carbocycles. The Kier molecular flexibility index (Phi) is 7.42. The van der Waals surface area contributed by atoms with E-state index in [1.807, 2.05) is 6.07 Å². The highest BCUT2D eigenvalue weighted by atomic mass is 19.1. The molecule has 9 nitrogen and oxygen atoms in total. The van der Waals surface area contributed by atoms with Crippen LogP contribution in [0.1, 0.15) is 52.3 Å². The fraction of sp³-hybridized carbons (Fsp3) is 0.296. The summed E-state index contributed by atoms with van der Waals surface area (Å²) in [6.07, 6.45) is 0.804. The maximum atomic E-state index is 13.6. The smallest absolute Gasteiger partial charge is 0.266 e. The summed E-state index contributed by atoms with van der Waals surface area (Å²) in [5, 5.41) is 9.64. The Hall–Kier alpha value is -4.02. The number of aliphatic hydroxyl groups is 1. The van der Waals surface area contributed by atoms with E-state index >= 15 is 0 Å². The van der Waals surface area contributed by atoms with E-state index in [4.69, 9.17) is 16.2 Å². The summed E-state index contributed by atoms with van der Waals surface area (Å²) >= 11 is 0. The number of nitrogens with two attached hydrogens (primary N) is 2. The van der Waals surface area contributed by atoms with Crippen molar-refractivity contribution < 1.29 is 23.8 Å². The van der Waals surface area contributed by atoms with Gasteiger partial charge in [-0.05, 0) is 47.4 Å². The van der Waals surface area contributed by atoms with Crippen LogP contribution in [-0.2, 0) is 23.5 Å². The Labute approximate surface area is 214 Å². The van der Waals surface area contributed by atoms with Gasteiger partial charge in [0.25, 0.3) is 5.91 Å². The number of halogens is 1. The van der Waals surface area contributed by atoms with E-state index in [0.29, 0.717) is 28.1 Å². The standard InChI is InChI=1S/C27H30FN5O4/c1-17(34)23-14-21(15-33(23)11-5-10-28)27(25(36)32(2)26(30)31-27)20-8-4-9-22(13-20)37-16-18-6-3-7-19(12-18)24(29)35/h3-4,6-9,12-15,24,35H,5,10-11,16,29H2,1-2H3,(H2,30,31). The lowest BCUT2D eigenvalue weighted by atomic mass is 9.84. The number of ether oxygens (including phenoxy) is 1. The molecule has 0 aliphatic carbocycles. The predicted octanol–water partition coefficient (Wildman–Crippen LogP) is 2.61. The number of carbonyl (C=O) groups is 2. The number of nitrogens with zero attached hydrogens (tertiary/aromatic N) is 3. The van der Waals surface area contributed by atoms with Crippen molar-refractivity contribution in [1.82, 2.24) is 9.47 Å². The molecule has 5 N–H and O–H groups in total. The Balaban J connectivity index is 1.74. The number of benzene rings is 2. The lowest BCUT2D eigenvalue weighted by Crippen LogP contribution is -2.41. The number of carbonyl (C=O) groups excluding carboxylic acids is 2. The first-order valence-corrected chi connectivity index (χ1v) is 11.8. The number of aliphatic imine (C=N–C) groups is 1. The molecule has 1 aliphatic heterocycles. The molecule has 10 heteroatoms. The molecule has 37 heavy (non-hydrogen) atoms. The number of hydrogen-bond donors (Lipinski definition) is 3. The summed E-state index contributed by atoms with van der Waals surface area (Å²) < 4.78 is 20.5. The maximum Gasteiger partial charge on any atom is 0.266 e. The van der Waals surface area contributed by atoms with Gasteiger partial charge in [0.05, 0.1) is 12.4 Å². The topological polar surface area (TPSA) is 136 Å². The predicted molar refractivity (Wildman–Crippen MR) is 137 cm³/mol. The summed E-state index contributed by atoms with van der Waals surface area (Å²) in [5.41, 5.74) is 12.8. The van der Waals surface area contributed by atoms with E-state index in [0.717, 1.165) is 5.56 Å². The van der Waals surface area contributed by atoms with Crippen molar-refractivity contribution in [1.29, 1.82) is 0 Å². The zero-order valence-electron chi connectivity index (χ0n) is 20.7. The van der Waals surface area contributed by atoms with Crippen LogP contribution < -0.4 is 16.2 Å². The van der Waals surface area contributed by atoms with Crippen molar-refractivity contribution in [2.24, 2.45) is 16.5 Å². The van der Waals surface area contributed by atoms with E-state index in [1.54, 1.807) is 59.3 Å². The molecule has 1 aliphatic rings. The van der Waals surface area contributed by atoms with Gasteiger partial charge in [0.15, 0.2) is 17.3 Å². The van der Waals surface area contributed by atoms with Crippen molar-refractivity contribution in [2.45, 2.75) is 38.3 Å². The van der Waals surface area contributed by atoms with Crippen LogP contribution >= 0.6 is 0 Å². The van der Waals surface area contributed by atoms with Crippen molar-refractivity contribution >= 4 is 17.6 Å². The summed E-state index contributed by atoms with van der Waals surface area (Å²) in [6.45, 7) is 1.37.